The highest BCUT2D eigenvalue weighted by atomic mass is 79.9. The summed E-state index contributed by atoms with van der Waals surface area (Å²) < 4.78 is 13.8. The third-order valence-electron chi connectivity index (χ3n) is 1.92. The molecule has 0 aliphatic rings. The zero-order valence-corrected chi connectivity index (χ0v) is 10.1. The fourth-order valence-electron chi connectivity index (χ4n) is 1.05. The van der Waals surface area contributed by atoms with Gasteiger partial charge in [0.1, 0.15) is 5.82 Å². The Balaban J connectivity index is 2.67. The summed E-state index contributed by atoms with van der Waals surface area (Å²) in [5.41, 5.74) is -0.217. The van der Waals surface area contributed by atoms with Crippen molar-refractivity contribution in [1.82, 2.24) is 5.32 Å². The predicted molar refractivity (Wildman–Crippen MR) is 60.1 cm³/mol. The van der Waals surface area contributed by atoms with E-state index in [9.17, 15) is 14.0 Å². The van der Waals surface area contributed by atoms with Crippen LogP contribution in [0, 0.1) is 5.82 Å². The number of amides is 1. The molecule has 3 N–H and O–H groups in total. The summed E-state index contributed by atoms with van der Waals surface area (Å²) >= 11 is 3.04. The SMILES string of the molecule is O=C(NC[C@H](O)C(=O)O)c1ccc(Br)cc1F. The van der Waals surface area contributed by atoms with E-state index in [4.69, 9.17) is 10.2 Å². The Morgan fingerprint density at radius 2 is 2.12 bits per heavy atom. The molecule has 1 atom stereocenters. The van der Waals surface area contributed by atoms with E-state index in [0.29, 0.717) is 4.47 Å². The molecule has 1 aromatic carbocycles. The van der Waals surface area contributed by atoms with E-state index < -0.39 is 30.3 Å². The number of hydrogen-bond donors (Lipinski definition) is 3. The van der Waals surface area contributed by atoms with Crippen LogP contribution in [-0.2, 0) is 4.79 Å². The number of carboxylic acid groups (broad SMARTS) is 1. The van der Waals surface area contributed by atoms with Gasteiger partial charge in [-0.3, -0.25) is 4.79 Å². The van der Waals surface area contributed by atoms with Crippen molar-refractivity contribution in [3.05, 3.63) is 34.1 Å². The number of benzene rings is 1. The Morgan fingerprint density at radius 3 is 2.65 bits per heavy atom. The molecule has 1 rings (SSSR count). The number of carbonyl (C=O) groups is 2. The second-order valence-corrected chi connectivity index (χ2v) is 4.10. The van der Waals surface area contributed by atoms with Crippen LogP contribution >= 0.6 is 15.9 Å². The molecule has 0 saturated heterocycles. The van der Waals surface area contributed by atoms with E-state index in [2.05, 4.69) is 21.2 Å². The lowest BCUT2D eigenvalue weighted by Gasteiger charge is -2.08. The van der Waals surface area contributed by atoms with Crippen molar-refractivity contribution >= 4 is 27.8 Å². The zero-order valence-electron chi connectivity index (χ0n) is 8.48. The predicted octanol–water partition coefficient (Wildman–Crippen LogP) is 0.764. The summed E-state index contributed by atoms with van der Waals surface area (Å²) in [7, 11) is 0. The van der Waals surface area contributed by atoms with E-state index in [1.807, 2.05) is 0 Å². The lowest BCUT2D eigenvalue weighted by atomic mass is 10.2. The monoisotopic (exact) mass is 305 g/mol. The quantitative estimate of drug-likeness (QED) is 0.766. The van der Waals surface area contributed by atoms with E-state index in [0.717, 1.165) is 6.07 Å². The number of carboxylic acids is 1. The maximum Gasteiger partial charge on any atom is 0.334 e. The first-order valence-corrected chi connectivity index (χ1v) is 5.35. The summed E-state index contributed by atoms with van der Waals surface area (Å²) in [6.45, 7) is -0.482. The van der Waals surface area contributed by atoms with Gasteiger partial charge in [0.2, 0.25) is 0 Å². The van der Waals surface area contributed by atoms with Crippen LogP contribution in [0.2, 0.25) is 0 Å². The van der Waals surface area contributed by atoms with E-state index >= 15 is 0 Å². The van der Waals surface area contributed by atoms with Gasteiger partial charge >= 0.3 is 5.97 Å². The largest absolute Gasteiger partial charge is 0.479 e. The molecule has 92 valence electrons. The van der Waals surface area contributed by atoms with Gasteiger partial charge in [-0.05, 0) is 18.2 Å². The van der Waals surface area contributed by atoms with Crippen LogP contribution in [0.1, 0.15) is 10.4 Å². The third-order valence-corrected chi connectivity index (χ3v) is 2.41. The lowest BCUT2D eigenvalue weighted by molar-refractivity contribution is -0.146. The molecule has 0 bridgehead atoms. The first-order valence-electron chi connectivity index (χ1n) is 4.56. The Morgan fingerprint density at radius 1 is 1.47 bits per heavy atom. The minimum atomic E-state index is -1.71. The van der Waals surface area contributed by atoms with Crippen molar-refractivity contribution in [2.24, 2.45) is 0 Å². The summed E-state index contributed by atoms with van der Waals surface area (Å²) in [4.78, 5) is 21.7. The van der Waals surface area contributed by atoms with Crippen molar-refractivity contribution in [1.29, 1.82) is 0 Å². The molecule has 1 aromatic rings. The zero-order chi connectivity index (χ0) is 13.0. The van der Waals surface area contributed by atoms with Gasteiger partial charge in [-0.1, -0.05) is 15.9 Å². The summed E-state index contributed by atoms with van der Waals surface area (Å²) in [6.07, 6.45) is -1.71. The standard InChI is InChI=1S/C10H9BrFNO4/c11-5-1-2-6(7(12)3-5)9(15)13-4-8(14)10(16)17/h1-3,8,14H,4H2,(H,13,15)(H,16,17)/t8-/m0/s1. The number of halogens is 2. The molecule has 0 aromatic heterocycles. The molecule has 0 unspecified atom stereocenters. The van der Waals surface area contributed by atoms with Crippen molar-refractivity contribution in [2.75, 3.05) is 6.54 Å². The Labute approximate surface area is 104 Å². The van der Waals surface area contributed by atoms with Gasteiger partial charge in [0.05, 0.1) is 12.1 Å². The average molecular weight is 306 g/mol. The Kier molecular flexibility index (Phi) is 4.59. The van der Waals surface area contributed by atoms with Crippen LogP contribution in [0.25, 0.3) is 0 Å². The molecular formula is C10H9BrFNO4. The normalized spacial score (nSPS) is 11.9. The minimum absolute atomic E-state index is 0.217. The molecule has 0 fully saturated rings. The van der Waals surface area contributed by atoms with Gasteiger partial charge < -0.3 is 15.5 Å². The van der Waals surface area contributed by atoms with Crippen LogP contribution in [0.4, 0.5) is 4.39 Å². The van der Waals surface area contributed by atoms with E-state index in [1.54, 1.807) is 0 Å². The fourth-order valence-corrected chi connectivity index (χ4v) is 1.38. The molecular weight excluding hydrogens is 297 g/mol. The number of rotatable bonds is 4. The van der Waals surface area contributed by atoms with Gasteiger partial charge in [0, 0.05) is 4.47 Å². The summed E-state index contributed by atoms with van der Waals surface area (Å²) in [5, 5.41) is 19.4. The first kappa shape index (κ1) is 13.6. The van der Waals surface area contributed by atoms with Gasteiger partial charge in [-0.15, -0.1) is 0 Å². The van der Waals surface area contributed by atoms with Crippen molar-refractivity contribution in [3.8, 4) is 0 Å². The highest BCUT2D eigenvalue weighted by Crippen LogP contribution is 2.15. The van der Waals surface area contributed by atoms with Crippen LogP contribution in [0.15, 0.2) is 22.7 Å². The lowest BCUT2D eigenvalue weighted by Crippen LogP contribution is -2.36. The molecule has 17 heavy (non-hydrogen) atoms. The second-order valence-electron chi connectivity index (χ2n) is 3.19. The maximum atomic E-state index is 13.3. The number of nitrogens with one attached hydrogen (secondary N) is 1. The summed E-state index contributed by atoms with van der Waals surface area (Å²) in [6, 6.07) is 3.84. The average Bonchev–Trinajstić information content (AvgIpc) is 2.25. The molecule has 1 amide bonds. The van der Waals surface area contributed by atoms with Gasteiger partial charge in [0.25, 0.3) is 5.91 Å². The third kappa shape index (κ3) is 3.79. The van der Waals surface area contributed by atoms with E-state index in [-0.39, 0.29) is 5.56 Å². The van der Waals surface area contributed by atoms with Crippen LogP contribution in [0.5, 0.6) is 0 Å². The number of aliphatic carboxylic acids is 1. The molecule has 0 aliphatic heterocycles. The number of carbonyl (C=O) groups excluding carboxylic acids is 1. The van der Waals surface area contributed by atoms with Gasteiger partial charge in [-0.25, -0.2) is 9.18 Å². The Hall–Kier alpha value is -1.47. The number of aliphatic hydroxyl groups is 1. The molecule has 0 aliphatic carbocycles. The van der Waals surface area contributed by atoms with Gasteiger partial charge in [-0.2, -0.15) is 0 Å². The second kappa shape index (κ2) is 5.74. The highest BCUT2D eigenvalue weighted by Gasteiger charge is 2.16. The topological polar surface area (TPSA) is 86.6 Å². The molecule has 0 saturated carbocycles. The molecule has 0 spiro atoms. The molecule has 0 heterocycles. The Bertz CT molecular complexity index is 452. The smallest absolute Gasteiger partial charge is 0.334 e. The summed E-state index contributed by atoms with van der Waals surface area (Å²) in [5.74, 6) is -2.97. The fraction of sp³-hybridized carbons (Fsp3) is 0.200. The van der Waals surface area contributed by atoms with Crippen LogP contribution < -0.4 is 5.32 Å². The molecule has 5 nitrogen and oxygen atoms in total. The minimum Gasteiger partial charge on any atom is -0.479 e. The molecule has 7 heteroatoms. The van der Waals surface area contributed by atoms with Crippen LogP contribution in [-0.4, -0.2) is 34.7 Å². The maximum absolute atomic E-state index is 13.3. The highest BCUT2D eigenvalue weighted by molar-refractivity contribution is 9.10. The molecule has 0 radical (unpaired) electrons. The number of hydrogen-bond acceptors (Lipinski definition) is 3. The van der Waals surface area contributed by atoms with E-state index in [1.165, 1.54) is 12.1 Å². The number of aliphatic hydroxyl groups excluding tert-OH is 1. The van der Waals surface area contributed by atoms with Crippen LogP contribution in [0.3, 0.4) is 0 Å². The van der Waals surface area contributed by atoms with Crippen molar-refractivity contribution < 1.29 is 24.2 Å². The van der Waals surface area contributed by atoms with Gasteiger partial charge in [0.15, 0.2) is 6.10 Å². The first-order chi connectivity index (χ1) is 7.91. The van der Waals surface area contributed by atoms with Crippen molar-refractivity contribution in [2.45, 2.75) is 6.10 Å². The van der Waals surface area contributed by atoms with Crippen molar-refractivity contribution in [3.63, 3.8) is 0 Å².